The zero-order valence-corrected chi connectivity index (χ0v) is 13.6. The van der Waals surface area contributed by atoms with Crippen molar-refractivity contribution in [2.45, 2.75) is 38.2 Å². The largest absolute Gasteiger partial charge is 0.488 e. The lowest BCUT2D eigenvalue weighted by Gasteiger charge is -2.25. The molecule has 1 aliphatic carbocycles. The molecule has 1 aliphatic heterocycles. The summed E-state index contributed by atoms with van der Waals surface area (Å²) in [4.78, 5) is 23.3. The van der Waals surface area contributed by atoms with Crippen molar-refractivity contribution >= 4 is 17.6 Å². The maximum Gasteiger partial charge on any atom is 0.306 e. The SMILES string of the molecule is O=C(O)C1CCC(C(=O)Nc2ccc(OC3CCOC3)cc2)CC1. The van der Waals surface area contributed by atoms with Gasteiger partial charge in [0.1, 0.15) is 11.9 Å². The highest BCUT2D eigenvalue weighted by molar-refractivity contribution is 5.92. The number of anilines is 1. The first-order chi connectivity index (χ1) is 11.6. The summed E-state index contributed by atoms with van der Waals surface area (Å²) in [5.41, 5.74) is 0.732. The molecule has 0 spiro atoms. The number of carbonyl (C=O) groups excluding carboxylic acids is 1. The van der Waals surface area contributed by atoms with Crippen LogP contribution >= 0.6 is 0 Å². The lowest BCUT2D eigenvalue weighted by molar-refractivity contribution is -0.143. The van der Waals surface area contributed by atoms with Crippen LogP contribution in [0.4, 0.5) is 5.69 Å². The van der Waals surface area contributed by atoms with E-state index in [1.165, 1.54) is 0 Å². The first kappa shape index (κ1) is 16.8. The fourth-order valence-corrected chi connectivity index (χ4v) is 3.26. The normalized spacial score (nSPS) is 26.8. The molecular formula is C18H23NO5. The zero-order chi connectivity index (χ0) is 16.9. The van der Waals surface area contributed by atoms with Gasteiger partial charge in [0.15, 0.2) is 0 Å². The van der Waals surface area contributed by atoms with E-state index >= 15 is 0 Å². The second-order valence-corrected chi connectivity index (χ2v) is 6.50. The standard InChI is InChI=1S/C18H23NO5/c20-17(12-1-3-13(4-2-12)18(21)22)19-14-5-7-15(8-6-14)24-16-9-10-23-11-16/h5-8,12-13,16H,1-4,9-11H2,(H,19,20)(H,21,22). The molecule has 0 aromatic heterocycles. The monoisotopic (exact) mass is 333 g/mol. The molecule has 1 unspecified atom stereocenters. The van der Waals surface area contributed by atoms with Gasteiger partial charge in [0, 0.05) is 18.0 Å². The minimum absolute atomic E-state index is 0.0308. The van der Waals surface area contributed by atoms with E-state index < -0.39 is 5.97 Å². The Kier molecular flexibility index (Phi) is 5.35. The average molecular weight is 333 g/mol. The van der Waals surface area contributed by atoms with E-state index in [0.29, 0.717) is 32.3 Å². The molecule has 24 heavy (non-hydrogen) atoms. The third-order valence-electron chi connectivity index (χ3n) is 4.76. The van der Waals surface area contributed by atoms with Gasteiger partial charge in [-0.3, -0.25) is 9.59 Å². The number of carboxylic acids is 1. The van der Waals surface area contributed by atoms with Gasteiger partial charge in [0.25, 0.3) is 0 Å². The van der Waals surface area contributed by atoms with E-state index in [0.717, 1.165) is 24.5 Å². The molecular weight excluding hydrogens is 310 g/mol. The van der Waals surface area contributed by atoms with Crippen LogP contribution in [0.1, 0.15) is 32.1 Å². The number of nitrogens with one attached hydrogen (secondary N) is 1. The number of aliphatic carboxylic acids is 1. The predicted molar refractivity (Wildman–Crippen MR) is 88.0 cm³/mol. The maximum absolute atomic E-state index is 12.3. The van der Waals surface area contributed by atoms with E-state index in [-0.39, 0.29) is 23.8 Å². The molecule has 1 saturated heterocycles. The highest BCUT2D eigenvalue weighted by Crippen LogP contribution is 2.30. The van der Waals surface area contributed by atoms with Crippen molar-refractivity contribution in [2.75, 3.05) is 18.5 Å². The van der Waals surface area contributed by atoms with E-state index in [1.807, 2.05) is 24.3 Å². The molecule has 1 amide bonds. The number of carbonyl (C=O) groups is 2. The Morgan fingerprint density at radius 3 is 2.29 bits per heavy atom. The molecule has 6 nitrogen and oxygen atoms in total. The summed E-state index contributed by atoms with van der Waals surface area (Å²) in [5.74, 6) is -0.420. The fraction of sp³-hybridized carbons (Fsp3) is 0.556. The number of amides is 1. The van der Waals surface area contributed by atoms with E-state index in [1.54, 1.807) is 0 Å². The summed E-state index contributed by atoms with van der Waals surface area (Å²) < 4.78 is 11.1. The van der Waals surface area contributed by atoms with Crippen LogP contribution in [0.25, 0.3) is 0 Å². The summed E-state index contributed by atoms with van der Waals surface area (Å²) in [6.07, 6.45) is 3.41. The van der Waals surface area contributed by atoms with Gasteiger partial charge in [-0.1, -0.05) is 0 Å². The quantitative estimate of drug-likeness (QED) is 0.865. The van der Waals surface area contributed by atoms with Crippen molar-refractivity contribution in [2.24, 2.45) is 11.8 Å². The molecule has 2 N–H and O–H groups in total. The van der Waals surface area contributed by atoms with Gasteiger partial charge in [-0.05, 0) is 49.9 Å². The Hall–Kier alpha value is -2.08. The minimum atomic E-state index is -0.753. The molecule has 0 bridgehead atoms. The number of hydrogen-bond acceptors (Lipinski definition) is 4. The number of benzene rings is 1. The number of hydrogen-bond donors (Lipinski definition) is 2. The fourth-order valence-electron chi connectivity index (χ4n) is 3.26. The Balaban J connectivity index is 1.48. The topological polar surface area (TPSA) is 84.9 Å². The van der Waals surface area contributed by atoms with E-state index in [2.05, 4.69) is 5.32 Å². The van der Waals surface area contributed by atoms with Crippen LogP contribution < -0.4 is 10.1 Å². The van der Waals surface area contributed by atoms with Gasteiger partial charge >= 0.3 is 5.97 Å². The van der Waals surface area contributed by atoms with Crippen molar-refractivity contribution in [1.29, 1.82) is 0 Å². The van der Waals surface area contributed by atoms with E-state index in [9.17, 15) is 9.59 Å². The molecule has 1 heterocycles. The van der Waals surface area contributed by atoms with Crippen molar-refractivity contribution in [3.8, 4) is 5.75 Å². The van der Waals surface area contributed by atoms with Crippen molar-refractivity contribution < 1.29 is 24.2 Å². The highest BCUT2D eigenvalue weighted by atomic mass is 16.5. The summed E-state index contributed by atoms with van der Waals surface area (Å²) in [6, 6.07) is 7.34. The van der Waals surface area contributed by atoms with Gasteiger partial charge < -0.3 is 19.9 Å². The molecule has 2 fully saturated rings. The van der Waals surface area contributed by atoms with Gasteiger partial charge in [0.2, 0.25) is 5.91 Å². The summed E-state index contributed by atoms with van der Waals surface area (Å²) in [7, 11) is 0. The Bertz CT molecular complexity index is 572. The van der Waals surface area contributed by atoms with Gasteiger partial charge in [-0.2, -0.15) is 0 Å². The molecule has 1 atom stereocenters. The number of carboxylic acid groups (broad SMARTS) is 1. The van der Waals surface area contributed by atoms with Gasteiger partial charge in [-0.25, -0.2) is 0 Å². The smallest absolute Gasteiger partial charge is 0.306 e. The van der Waals surface area contributed by atoms with Gasteiger partial charge in [-0.15, -0.1) is 0 Å². The number of rotatable bonds is 5. The number of ether oxygens (including phenoxy) is 2. The van der Waals surface area contributed by atoms with E-state index in [4.69, 9.17) is 14.6 Å². The van der Waals surface area contributed by atoms with Crippen LogP contribution in [0.3, 0.4) is 0 Å². The Morgan fingerprint density at radius 1 is 1.04 bits per heavy atom. The maximum atomic E-state index is 12.3. The Labute approximate surface area is 141 Å². The summed E-state index contributed by atoms with van der Waals surface area (Å²) >= 11 is 0. The van der Waals surface area contributed by atoms with Crippen LogP contribution in [-0.2, 0) is 14.3 Å². The van der Waals surface area contributed by atoms with Crippen LogP contribution in [-0.4, -0.2) is 36.3 Å². The molecule has 1 aromatic rings. The molecule has 0 radical (unpaired) electrons. The van der Waals surface area contributed by atoms with Crippen molar-refractivity contribution in [3.05, 3.63) is 24.3 Å². The first-order valence-corrected chi connectivity index (χ1v) is 8.50. The van der Waals surface area contributed by atoms with Crippen LogP contribution in [0.15, 0.2) is 24.3 Å². The zero-order valence-electron chi connectivity index (χ0n) is 13.6. The first-order valence-electron chi connectivity index (χ1n) is 8.50. The molecule has 1 aromatic carbocycles. The van der Waals surface area contributed by atoms with Crippen LogP contribution in [0.5, 0.6) is 5.75 Å². The average Bonchev–Trinajstić information content (AvgIpc) is 3.09. The Morgan fingerprint density at radius 2 is 1.71 bits per heavy atom. The molecule has 130 valence electrons. The van der Waals surface area contributed by atoms with Crippen molar-refractivity contribution in [1.82, 2.24) is 0 Å². The summed E-state index contributed by atoms with van der Waals surface area (Å²) in [6.45, 7) is 1.36. The van der Waals surface area contributed by atoms with Crippen LogP contribution in [0, 0.1) is 11.8 Å². The third kappa shape index (κ3) is 4.26. The lowest BCUT2D eigenvalue weighted by atomic mass is 9.81. The second-order valence-electron chi connectivity index (χ2n) is 6.50. The molecule has 6 heteroatoms. The molecule has 2 aliphatic rings. The minimum Gasteiger partial charge on any atom is -0.488 e. The lowest BCUT2D eigenvalue weighted by Crippen LogP contribution is -2.29. The highest BCUT2D eigenvalue weighted by Gasteiger charge is 2.29. The van der Waals surface area contributed by atoms with Crippen LogP contribution in [0.2, 0.25) is 0 Å². The second kappa shape index (κ2) is 7.66. The molecule has 3 rings (SSSR count). The van der Waals surface area contributed by atoms with Gasteiger partial charge in [0.05, 0.1) is 19.1 Å². The molecule has 1 saturated carbocycles. The third-order valence-corrected chi connectivity index (χ3v) is 4.76. The van der Waals surface area contributed by atoms with Crippen molar-refractivity contribution in [3.63, 3.8) is 0 Å². The summed E-state index contributed by atoms with van der Waals surface area (Å²) in [5, 5.41) is 11.9. The predicted octanol–water partition coefficient (Wildman–Crippen LogP) is 2.68.